The van der Waals surface area contributed by atoms with E-state index in [4.69, 9.17) is 4.74 Å². The van der Waals surface area contributed by atoms with Crippen molar-refractivity contribution in [3.63, 3.8) is 0 Å². The lowest BCUT2D eigenvalue weighted by Gasteiger charge is -2.26. The first-order valence-electron chi connectivity index (χ1n) is 10.9. The third-order valence-corrected chi connectivity index (χ3v) is 8.30. The summed E-state index contributed by atoms with van der Waals surface area (Å²) in [5.74, 6) is -0.779. The fourth-order valence-electron chi connectivity index (χ4n) is 4.68. The molecule has 1 saturated carbocycles. The van der Waals surface area contributed by atoms with E-state index in [9.17, 15) is 22.8 Å². The van der Waals surface area contributed by atoms with Crippen LogP contribution in [0.4, 0.5) is 10.5 Å². The lowest BCUT2D eigenvalue weighted by atomic mass is 9.98. The van der Waals surface area contributed by atoms with Gasteiger partial charge >= 0.3 is 6.03 Å². The van der Waals surface area contributed by atoms with Crippen molar-refractivity contribution in [2.75, 3.05) is 32.1 Å². The van der Waals surface area contributed by atoms with E-state index in [2.05, 4.69) is 10.6 Å². The Balaban J connectivity index is 1.50. The van der Waals surface area contributed by atoms with Crippen molar-refractivity contribution in [1.29, 1.82) is 0 Å². The molecule has 0 aromatic heterocycles. The van der Waals surface area contributed by atoms with Gasteiger partial charge in [0.05, 0.1) is 7.11 Å². The van der Waals surface area contributed by atoms with Gasteiger partial charge in [-0.2, -0.15) is 4.31 Å². The molecule has 11 heteroatoms. The zero-order valence-electron chi connectivity index (χ0n) is 18.1. The highest BCUT2D eigenvalue weighted by molar-refractivity contribution is 7.89. The number of piperidine rings is 1. The number of benzene rings is 1. The number of rotatable bonds is 6. The van der Waals surface area contributed by atoms with Crippen molar-refractivity contribution in [3.05, 3.63) is 18.2 Å². The molecule has 2 aliphatic heterocycles. The van der Waals surface area contributed by atoms with Gasteiger partial charge in [0.2, 0.25) is 15.9 Å². The van der Waals surface area contributed by atoms with Crippen LogP contribution < -0.4 is 15.4 Å². The summed E-state index contributed by atoms with van der Waals surface area (Å²) in [6, 6.07) is 3.78. The molecule has 32 heavy (non-hydrogen) atoms. The SMILES string of the molecule is COc1ccc(NC(=O)CN2C(=O)NC3(CCCC3)C2=O)cc1S(=O)(=O)N1CCCCC1. The molecule has 2 saturated heterocycles. The smallest absolute Gasteiger partial charge is 0.325 e. The summed E-state index contributed by atoms with van der Waals surface area (Å²) in [5, 5.41) is 5.34. The van der Waals surface area contributed by atoms with Crippen molar-refractivity contribution in [1.82, 2.24) is 14.5 Å². The van der Waals surface area contributed by atoms with Crippen LogP contribution in [0.5, 0.6) is 5.75 Å². The van der Waals surface area contributed by atoms with Crippen LogP contribution in [-0.2, 0) is 19.6 Å². The normalized spacial score (nSPS) is 21.1. The Morgan fingerprint density at radius 3 is 2.47 bits per heavy atom. The average molecular weight is 465 g/mol. The summed E-state index contributed by atoms with van der Waals surface area (Å²) >= 11 is 0. The van der Waals surface area contributed by atoms with E-state index in [-0.39, 0.29) is 22.2 Å². The summed E-state index contributed by atoms with van der Waals surface area (Å²) in [6.45, 7) is 0.443. The number of imide groups is 1. The lowest BCUT2D eigenvalue weighted by molar-refractivity contribution is -0.133. The van der Waals surface area contributed by atoms with E-state index in [0.717, 1.165) is 37.0 Å². The number of hydrogen-bond donors (Lipinski definition) is 2. The Hall–Kier alpha value is -2.66. The van der Waals surface area contributed by atoms with Gasteiger partial charge < -0.3 is 15.4 Å². The molecular formula is C21H28N4O6S. The van der Waals surface area contributed by atoms with Gasteiger partial charge in [0.15, 0.2) is 0 Å². The molecule has 0 radical (unpaired) electrons. The third kappa shape index (κ3) is 4.06. The van der Waals surface area contributed by atoms with Crippen LogP contribution in [0.3, 0.4) is 0 Å². The van der Waals surface area contributed by atoms with Gasteiger partial charge in [0, 0.05) is 18.8 Å². The Morgan fingerprint density at radius 1 is 1.12 bits per heavy atom. The summed E-state index contributed by atoms with van der Waals surface area (Å²) < 4.78 is 33.0. The van der Waals surface area contributed by atoms with Crippen LogP contribution in [0, 0.1) is 0 Å². The Bertz CT molecular complexity index is 1030. The second kappa shape index (κ2) is 8.70. The maximum atomic E-state index is 13.1. The van der Waals surface area contributed by atoms with Gasteiger partial charge in [0.1, 0.15) is 22.7 Å². The van der Waals surface area contributed by atoms with Crippen LogP contribution in [0.1, 0.15) is 44.9 Å². The quantitative estimate of drug-likeness (QED) is 0.617. The summed E-state index contributed by atoms with van der Waals surface area (Å²) in [7, 11) is -2.40. The molecule has 1 aromatic rings. The predicted molar refractivity (Wildman–Crippen MR) is 116 cm³/mol. The number of hydrogen-bond acceptors (Lipinski definition) is 6. The number of methoxy groups -OCH3 is 1. The van der Waals surface area contributed by atoms with Crippen LogP contribution in [0.15, 0.2) is 23.1 Å². The molecule has 10 nitrogen and oxygen atoms in total. The van der Waals surface area contributed by atoms with E-state index in [1.165, 1.54) is 29.6 Å². The van der Waals surface area contributed by atoms with Gasteiger partial charge in [-0.25, -0.2) is 13.2 Å². The molecule has 1 aliphatic carbocycles. The third-order valence-electron chi connectivity index (χ3n) is 6.38. The van der Waals surface area contributed by atoms with E-state index >= 15 is 0 Å². The molecule has 0 bridgehead atoms. The molecule has 4 rings (SSSR count). The Labute approximate surface area is 187 Å². The number of nitrogens with one attached hydrogen (secondary N) is 2. The van der Waals surface area contributed by atoms with Crippen molar-refractivity contribution in [2.45, 2.75) is 55.4 Å². The molecule has 174 valence electrons. The van der Waals surface area contributed by atoms with Crippen molar-refractivity contribution < 1.29 is 27.5 Å². The van der Waals surface area contributed by atoms with Gasteiger partial charge in [0.25, 0.3) is 5.91 Å². The maximum Gasteiger partial charge on any atom is 0.325 e. The number of amides is 4. The molecule has 2 heterocycles. The molecule has 1 spiro atoms. The average Bonchev–Trinajstić information content (AvgIpc) is 3.35. The molecule has 3 fully saturated rings. The number of sulfonamides is 1. The first-order chi connectivity index (χ1) is 15.3. The molecule has 3 aliphatic rings. The molecule has 1 aromatic carbocycles. The van der Waals surface area contributed by atoms with E-state index in [1.54, 1.807) is 0 Å². The van der Waals surface area contributed by atoms with Crippen LogP contribution >= 0.6 is 0 Å². The second-order valence-corrected chi connectivity index (χ2v) is 10.4. The standard InChI is InChI=1S/C21H28N4O6S/c1-31-16-8-7-15(13-17(16)32(29,30)24-11-5-2-6-12-24)22-18(26)14-25-19(27)21(23-20(25)28)9-3-4-10-21/h7-8,13H,2-6,9-12,14H2,1H3,(H,22,26)(H,23,28). The number of urea groups is 1. The molecule has 2 N–H and O–H groups in total. The predicted octanol–water partition coefficient (Wildman–Crippen LogP) is 1.67. The molecule has 0 unspecified atom stereocenters. The summed E-state index contributed by atoms with van der Waals surface area (Å²) in [6.07, 6.45) is 5.44. The maximum absolute atomic E-state index is 13.1. The monoisotopic (exact) mass is 464 g/mol. The highest BCUT2D eigenvalue weighted by Crippen LogP contribution is 2.35. The van der Waals surface area contributed by atoms with Gasteiger partial charge in [-0.15, -0.1) is 0 Å². The minimum absolute atomic E-state index is 0.0281. The van der Waals surface area contributed by atoms with E-state index in [1.807, 2.05) is 0 Å². The molecular weight excluding hydrogens is 436 g/mol. The van der Waals surface area contributed by atoms with Crippen molar-refractivity contribution in [3.8, 4) is 5.75 Å². The van der Waals surface area contributed by atoms with E-state index in [0.29, 0.717) is 25.9 Å². The number of carbonyl (C=O) groups is 3. The number of carbonyl (C=O) groups excluding carboxylic acids is 3. The minimum atomic E-state index is -3.79. The zero-order chi connectivity index (χ0) is 22.9. The Kier molecular flexibility index (Phi) is 6.13. The molecule has 0 atom stereocenters. The van der Waals surface area contributed by atoms with Gasteiger partial charge in [-0.1, -0.05) is 19.3 Å². The summed E-state index contributed by atoms with van der Waals surface area (Å²) in [5.41, 5.74) is -0.637. The van der Waals surface area contributed by atoms with Crippen LogP contribution in [0.25, 0.3) is 0 Å². The Morgan fingerprint density at radius 2 is 1.81 bits per heavy atom. The first-order valence-corrected chi connectivity index (χ1v) is 12.3. The van der Waals surface area contributed by atoms with Crippen molar-refractivity contribution >= 4 is 33.6 Å². The van der Waals surface area contributed by atoms with E-state index < -0.39 is 34.0 Å². The van der Waals surface area contributed by atoms with Crippen LogP contribution in [-0.4, -0.2) is 67.8 Å². The van der Waals surface area contributed by atoms with Gasteiger partial charge in [-0.3, -0.25) is 14.5 Å². The largest absolute Gasteiger partial charge is 0.495 e. The fraction of sp³-hybridized carbons (Fsp3) is 0.571. The second-order valence-electron chi connectivity index (χ2n) is 8.49. The summed E-state index contributed by atoms with van der Waals surface area (Å²) in [4.78, 5) is 38.5. The van der Waals surface area contributed by atoms with Crippen LogP contribution in [0.2, 0.25) is 0 Å². The lowest BCUT2D eigenvalue weighted by Crippen LogP contribution is -2.44. The molecule has 4 amide bonds. The first kappa shape index (κ1) is 22.5. The van der Waals surface area contributed by atoms with Crippen molar-refractivity contribution in [2.24, 2.45) is 0 Å². The van der Waals surface area contributed by atoms with Gasteiger partial charge in [-0.05, 0) is 43.9 Å². The minimum Gasteiger partial charge on any atom is -0.495 e. The highest BCUT2D eigenvalue weighted by atomic mass is 32.2. The topological polar surface area (TPSA) is 125 Å². The highest BCUT2D eigenvalue weighted by Gasteiger charge is 2.52. The fourth-order valence-corrected chi connectivity index (χ4v) is 6.38. The number of anilines is 1. The zero-order valence-corrected chi connectivity index (χ0v) is 18.9. The number of ether oxygens (including phenoxy) is 1. The number of nitrogens with zero attached hydrogens (tertiary/aromatic N) is 2.